The topological polar surface area (TPSA) is 69.0 Å². The second-order valence-corrected chi connectivity index (χ2v) is 6.06. The predicted octanol–water partition coefficient (Wildman–Crippen LogP) is 2.75. The van der Waals surface area contributed by atoms with Crippen LogP contribution < -0.4 is 10.1 Å². The largest absolute Gasteiger partial charge is 0.481 e. The molecule has 0 saturated heterocycles. The van der Waals surface area contributed by atoms with E-state index >= 15 is 0 Å². The van der Waals surface area contributed by atoms with Crippen molar-refractivity contribution < 1.29 is 9.53 Å². The average Bonchev–Trinajstić information content (AvgIpc) is 2.95. The lowest BCUT2D eigenvalue weighted by Gasteiger charge is -2.07. The van der Waals surface area contributed by atoms with E-state index in [9.17, 15) is 4.79 Å². The molecule has 0 spiro atoms. The Bertz CT molecular complexity index is 886. The molecule has 2 aromatic heterocycles. The van der Waals surface area contributed by atoms with Crippen LogP contribution in [0.25, 0.3) is 5.69 Å². The smallest absolute Gasteiger partial charge is 0.224 e. The van der Waals surface area contributed by atoms with E-state index in [-0.39, 0.29) is 5.91 Å². The van der Waals surface area contributed by atoms with Crippen molar-refractivity contribution in [3.05, 3.63) is 71.2 Å². The van der Waals surface area contributed by atoms with E-state index in [1.165, 1.54) is 0 Å². The van der Waals surface area contributed by atoms with Crippen LogP contribution in [-0.2, 0) is 17.8 Å². The lowest BCUT2D eigenvalue weighted by molar-refractivity contribution is -0.120. The Balaban J connectivity index is 1.66. The van der Waals surface area contributed by atoms with Crippen LogP contribution in [0.4, 0.5) is 0 Å². The summed E-state index contributed by atoms with van der Waals surface area (Å²) in [5.74, 6) is 0.513. The highest BCUT2D eigenvalue weighted by Gasteiger charge is 2.15. The molecule has 0 bridgehead atoms. The molecule has 3 aromatic rings. The number of pyridine rings is 1. The number of aryl methyl sites for hydroxylation is 1. The van der Waals surface area contributed by atoms with Crippen molar-refractivity contribution >= 4 is 5.91 Å². The van der Waals surface area contributed by atoms with Crippen LogP contribution in [0.1, 0.15) is 22.5 Å². The van der Waals surface area contributed by atoms with E-state index in [0.717, 1.165) is 28.2 Å². The molecular formula is C20H22N4O2. The highest BCUT2D eigenvalue weighted by Crippen LogP contribution is 2.18. The monoisotopic (exact) mass is 350 g/mol. The Morgan fingerprint density at radius 3 is 2.58 bits per heavy atom. The van der Waals surface area contributed by atoms with Gasteiger partial charge in [0.1, 0.15) is 0 Å². The number of methoxy groups -OCH3 is 1. The number of hydrogen-bond donors (Lipinski definition) is 1. The molecule has 134 valence electrons. The SMILES string of the molecule is COc1ccc(CNC(=O)Cc2c(C)nn(-c3ccccc3)c2C)cn1. The van der Waals surface area contributed by atoms with E-state index in [2.05, 4.69) is 15.4 Å². The Morgan fingerprint density at radius 2 is 1.92 bits per heavy atom. The number of aromatic nitrogens is 3. The molecule has 6 nitrogen and oxygen atoms in total. The third-order valence-electron chi connectivity index (χ3n) is 4.28. The highest BCUT2D eigenvalue weighted by molar-refractivity contribution is 5.79. The van der Waals surface area contributed by atoms with Crippen molar-refractivity contribution in [3.63, 3.8) is 0 Å². The van der Waals surface area contributed by atoms with Crippen LogP contribution in [0, 0.1) is 13.8 Å². The van der Waals surface area contributed by atoms with Crippen LogP contribution >= 0.6 is 0 Å². The summed E-state index contributed by atoms with van der Waals surface area (Å²) in [7, 11) is 1.57. The third kappa shape index (κ3) is 3.91. The Labute approximate surface area is 152 Å². The third-order valence-corrected chi connectivity index (χ3v) is 4.28. The molecule has 0 fully saturated rings. The van der Waals surface area contributed by atoms with Gasteiger partial charge in [-0.1, -0.05) is 24.3 Å². The lowest BCUT2D eigenvalue weighted by atomic mass is 10.1. The molecule has 0 aliphatic heterocycles. The zero-order valence-corrected chi connectivity index (χ0v) is 15.2. The quantitative estimate of drug-likeness (QED) is 0.742. The maximum Gasteiger partial charge on any atom is 0.224 e. The molecule has 0 radical (unpaired) electrons. The van der Waals surface area contributed by atoms with Gasteiger partial charge in [0.2, 0.25) is 11.8 Å². The number of carbonyl (C=O) groups excluding carboxylic acids is 1. The molecule has 1 amide bonds. The fraction of sp³-hybridized carbons (Fsp3) is 0.250. The molecule has 0 unspecified atom stereocenters. The molecule has 6 heteroatoms. The minimum Gasteiger partial charge on any atom is -0.481 e. The minimum atomic E-state index is -0.0420. The number of carbonyl (C=O) groups is 1. The molecule has 1 N–H and O–H groups in total. The molecule has 3 rings (SSSR count). The molecule has 1 aromatic carbocycles. The van der Waals surface area contributed by atoms with Crippen molar-refractivity contribution in [1.82, 2.24) is 20.1 Å². The summed E-state index contributed by atoms with van der Waals surface area (Å²) < 4.78 is 6.91. The summed E-state index contributed by atoms with van der Waals surface area (Å²) in [4.78, 5) is 16.5. The van der Waals surface area contributed by atoms with Crippen molar-refractivity contribution in [2.45, 2.75) is 26.8 Å². The van der Waals surface area contributed by atoms with Crippen LogP contribution in [0.3, 0.4) is 0 Å². The molecule has 0 atom stereocenters. The Hall–Kier alpha value is -3.15. The summed E-state index contributed by atoms with van der Waals surface area (Å²) in [6.45, 7) is 4.35. The summed E-state index contributed by atoms with van der Waals surface area (Å²) in [6, 6.07) is 13.6. The number of hydrogen-bond acceptors (Lipinski definition) is 4. The summed E-state index contributed by atoms with van der Waals surface area (Å²) in [5, 5.41) is 7.52. The first-order valence-electron chi connectivity index (χ1n) is 8.44. The van der Waals surface area contributed by atoms with Crippen LogP contribution in [-0.4, -0.2) is 27.8 Å². The van der Waals surface area contributed by atoms with Gasteiger partial charge in [-0.3, -0.25) is 4.79 Å². The van der Waals surface area contributed by atoms with Gasteiger partial charge in [-0.15, -0.1) is 0 Å². The van der Waals surface area contributed by atoms with Crippen LogP contribution in [0.5, 0.6) is 5.88 Å². The van der Waals surface area contributed by atoms with E-state index in [1.54, 1.807) is 19.4 Å². The molecule has 2 heterocycles. The number of ether oxygens (including phenoxy) is 1. The van der Waals surface area contributed by atoms with Gasteiger partial charge >= 0.3 is 0 Å². The summed E-state index contributed by atoms with van der Waals surface area (Å²) >= 11 is 0. The van der Waals surface area contributed by atoms with Crippen LogP contribution in [0.2, 0.25) is 0 Å². The zero-order chi connectivity index (χ0) is 18.5. The van der Waals surface area contributed by atoms with Gasteiger partial charge in [0.15, 0.2) is 0 Å². The van der Waals surface area contributed by atoms with Gasteiger partial charge in [0, 0.05) is 30.1 Å². The lowest BCUT2D eigenvalue weighted by Crippen LogP contribution is -2.25. The molecular weight excluding hydrogens is 328 g/mol. The fourth-order valence-electron chi connectivity index (χ4n) is 2.81. The first-order chi connectivity index (χ1) is 12.6. The number of para-hydroxylation sites is 1. The van der Waals surface area contributed by atoms with Gasteiger partial charge in [0.05, 0.1) is 24.9 Å². The van der Waals surface area contributed by atoms with Gasteiger partial charge in [-0.25, -0.2) is 9.67 Å². The van der Waals surface area contributed by atoms with E-state index in [1.807, 2.05) is 54.9 Å². The van der Waals surface area contributed by atoms with Crippen molar-refractivity contribution in [2.24, 2.45) is 0 Å². The van der Waals surface area contributed by atoms with E-state index in [0.29, 0.717) is 18.8 Å². The van der Waals surface area contributed by atoms with Crippen molar-refractivity contribution in [1.29, 1.82) is 0 Å². The number of nitrogens with zero attached hydrogens (tertiary/aromatic N) is 3. The van der Waals surface area contributed by atoms with Crippen molar-refractivity contribution in [2.75, 3.05) is 7.11 Å². The Morgan fingerprint density at radius 1 is 1.15 bits per heavy atom. The fourth-order valence-corrected chi connectivity index (χ4v) is 2.81. The van der Waals surface area contributed by atoms with Gasteiger partial charge in [-0.2, -0.15) is 5.10 Å². The van der Waals surface area contributed by atoms with Gasteiger partial charge < -0.3 is 10.1 Å². The van der Waals surface area contributed by atoms with E-state index < -0.39 is 0 Å². The maximum absolute atomic E-state index is 12.4. The van der Waals surface area contributed by atoms with Crippen molar-refractivity contribution in [3.8, 4) is 11.6 Å². The molecule has 0 aliphatic rings. The van der Waals surface area contributed by atoms with E-state index in [4.69, 9.17) is 4.74 Å². The first kappa shape index (κ1) is 17.7. The Kier molecular flexibility index (Phi) is 5.31. The number of rotatable bonds is 6. The molecule has 0 saturated carbocycles. The minimum absolute atomic E-state index is 0.0420. The standard InChI is InChI=1S/C20H22N4O2/c1-14-18(15(2)24(23-14)17-7-5-4-6-8-17)11-19(25)21-12-16-9-10-20(26-3)22-13-16/h4-10,13H,11-12H2,1-3H3,(H,21,25). The van der Waals surface area contributed by atoms with Crippen LogP contribution in [0.15, 0.2) is 48.7 Å². The molecule has 0 aliphatic carbocycles. The second kappa shape index (κ2) is 7.82. The normalized spacial score (nSPS) is 10.6. The second-order valence-electron chi connectivity index (χ2n) is 6.06. The average molecular weight is 350 g/mol. The molecule has 26 heavy (non-hydrogen) atoms. The maximum atomic E-state index is 12.4. The summed E-state index contributed by atoms with van der Waals surface area (Å²) in [5.41, 5.74) is 4.72. The summed E-state index contributed by atoms with van der Waals surface area (Å²) in [6.07, 6.45) is 2.00. The predicted molar refractivity (Wildman–Crippen MR) is 99.4 cm³/mol. The number of amides is 1. The zero-order valence-electron chi connectivity index (χ0n) is 15.2. The number of benzene rings is 1. The first-order valence-corrected chi connectivity index (χ1v) is 8.44. The number of nitrogens with one attached hydrogen (secondary N) is 1. The van der Waals surface area contributed by atoms with Gasteiger partial charge in [0.25, 0.3) is 0 Å². The highest BCUT2D eigenvalue weighted by atomic mass is 16.5. The van der Waals surface area contributed by atoms with Gasteiger partial charge in [-0.05, 0) is 31.5 Å².